The van der Waals surface area contributed by atoms with E-state index in [1.54, 1.807) is 11.3 Å². The Kier molecular flexibility index (Phi) is 3.54. The van der Waals surface area contributed by atoms with E-state index in [4.69, 9.17) is 0 Å². The second kappa shape index (κ2) is 4.82. The molecule has 0 spiro atoms. The van der Waals surface area contributed by atoms with Crippen LogP contribution in [-0.4, -0.2) is 21.8 Å². The van der Waals surface area contributed by atoms with Crippen molar-refractivity contribution in [3.8, 4) is 10.6 Å². The second-order valence-electron chi connectivity index (χ2n) is 5.48. The van der Waals surface area contributed by atoms with Gasteiger partial charge in [0.05, 0.1) is 11.3 Å². The Hall–Kier alpha value is -1.20. The van der Waals surface area contributed by atoms with Gasteiger partial charge in [-0.1, -0.05) is 20.8 Å². The van der Waals surface area contributed by atoms with Crippen molar-refractivity contribution in [2.75, 3.05) is 7.05 Å². The lowest BCUT2D eigenvalue weighted by Gasteiger charge is -2.16. The van der Waals surface area contributed by atoms with Crippen LogP contribution in [0.5, 0.6) is 0 Å². The van der Waals surface area contributed by atoms with E-state index in [2.05, 4.69) is 42.4 Å². The summed E-state index contributed by atoms with van der Waals surface area (Å²) in [6, 6.07) is 0. The summed E-state index contributed by atoms with van der Waals surface area (Å²) in [6.07, 6.45) is 4.00. The highest BCUT2D eigenvalue weighted by atomic mass is 32.1. The Morgan fingerprint density at radius 2 is 2.11 bits per heavy atom. The topological polar surface area (TPSA) is 42.7 Å². The molecule has 98 valence electrons. The predicted octanol–water partition coefficient (Wildman–Crippen LogP) is 2.56. The molecule has 0 amide bonds. The number of aromatic nitrogens is 3. The second-order valence-corrected chi connectivity index (χ2v) is 6.59. The molecular formula is C13H20N4S. The monoisotopic (exact) mass is 264 g/mol. The fraction of sp³-hybridized carbons (Fsp3) is 0.538. The maximum atomic E-state index is 4.58. The standard InChI is InChI=1S/C13H20N4S/c1-13(2,3)11-10(8-17(5)16-11)12-15-7-9(18-12)6-14-4/h7-8,14H,6H2,1-5H3. The molecule has 5 heteroatoms. The van der Waals surface area contributed by atoms with E-state index in [0.29, 0.717) is 0 Å². The maximum absolute atomic E-state index is 4.58. The van der Waals surface area contributed by atoms with Crippen LogP contribution in [0.4, 0.5) is 0 Å². The summed E-state index contributed by atoms with van der Waals surface area (Å²) in [5.74, 6) is 0. The van der Waals surface area contributed by atoms with Gasteiger partial charge in [0.25, 0.3) is 0 Å². The lowest BCUT2D eigenvalue weighted by atomic mass is 9.90. The molecule has 0 aliphatic carbocycles. The van der Waals surface area contributed by atoms with Crippen LogP contribution in [0.1, 0.15) is 31.3 Å². The van der Waals surface area contributed by atoms with Crippen molar-refractivity contribution in [2.24, 2.45) is 7.05 Å². The van der Waals surface area contributed by atoms with Gasteiger partial charge in [-0.25, -0.2) is 4.98 Å². The summed E-state index contributed by atoms with van der Waals surface area (Å²) >= 11 is 1.73. The Labute approximate surface area is 112 Å². The van der Waals surface area contributed by atoms with Crippen LogP contribution in [0.3, 0.4) is 0 Å². The molecule has 2 aromatic rings. The van der Waals surface area contributed by atoms with Crippen molar-refractivity contribution in [1.29, 1.82) is 0 Å². The maximum Gasteiger partial charge on any atom is 0.127 e. The van der Waals surface area contributed by atoms with Gasteiger partial charge in [0.1, 0.15) is 5.01 Å². The molecule has 0 radical (unpaired) electrons. The quantitative estimate of drug-likeness (QED) is 0.926. The van der Waals surface area contributed by atoms with Gasteiger partial charge in [-0.15, -0.1) is 11.3 Å². The molecule has 2 heterocycles. The Morgan fingerprint density at radius 3 is 2.72 bits per heavy atom. The smallest absolute Gasteiger partial charge is 0.127 e. The Balaban J connectivity index is 2.43. The molecule has 2 aromatic heterocycles. The third kappa shape index (κ3) is 2.62. The third-order valence-corrected chi connectivity index (χ3v) is 3.70. The third-order valence-electron chi connectivity index (χ3n) is 2.67. The fourth-order valence-corrected chi connectivity index (χ4v) is 2.82. The Bertz CT molecular complexity index is 533. The highest BCUT2D eigenvalue weighted by Crippen LogP contribution is 2.33. The van der Waals surface area contributed by atoms with Gasteiger partial charge in [0.15, 0.2) is 0 Å². The van der Waals surface area contributed by atoms with Crippen LogP contribution in [0.25, 0.3) is 10.6 Å². The minimum atomic E-state index is 0.0332. The summed E-state index contributed by atoms with van der Waals surface area (Å²) in [6.45, 7) is 7.41. The number of hydrogen-bond acceptors (Lipinski definition) is 4. The van der Waals surface area contributed by atoms with Crippen LogP contribution in [0.2, 0.25) is 0 Å². The molecule has 0 aromatic carbocycles. The van der Waals surface area contributed by atoms with Crippen molar-refractivity contribution in [3.05, 3.63) is 23.0 Å². The van der Waals surface area contributed by atoms with Crippen molar-refractivity contribution in [3.63, 3.8) is 0 Å². The average Bonchev–Trinajstić information content (AvgIpc) is 2.84. The number of thiazole rings is 1. The molecule has 4 nitrogen and oxygen atoms in total. The summed E-state index contributed by atoms with van der Waals surface area (Å²) in [5.41, 5.74) is 2.29. The highest BCUT2D eigenvalue weighted by Gasteiger charge is 2.24. The SMILES string of the molecule is CNCc1cnc(-c2cn(C)nc2C(C)(C)C)s1. The van der Waals surface area contributed by atoms with Gasteiger partial charge in [0, 0.05) is 36.3 Å². The first-order valence-corrected chi connectivity index (χ1v) is 6.87. The van der Waals surface area contributed by atoms with Gasteiger partial charge >= 0.3 is 0 Å². The number of nitrogens with zero attached hydrogens (tertiary/aromatic N) is 3. The van der Waals surface area contributed by atoms with Gasteiger partial charge < -0.3 is 5.32 Å². The predicted molar refractivity (Wildman–Crippen MR) is 75.8 cm³/mol. The zero-order valence-electron chi connectivity index (χ0n) is 11.6. The molecule has 18 heavy (non-hydrogen) atoms. The van der Waals surface area contributed by atoms with Gasteiger partial charge in [0.2, 0.25) is 0 Å². The van der Waals surface area contributed by atoms with Gasteiger partial charge in [-0.3, -0.25) is 4.68 Å². The van der Waals surface area contributed by atoms with Crippen molar-refractivity contribution >= 4 is 11.3 Å². The summed E-state index contributed by atoms with van der Waals surface area (Å²) in [5, 5.41) is 8.78. The Morgan fingerprint density at radius 1 is 1.39 bits per heavy atom. The number of aryl methyl sites for hydroxylation is 1. The summed E-state index contributed by atoms with van der Waals surface area (Å²) in [7, 11) is 3.91. The molecule has 0 saturated heterocycles. The molecule has 0 aliphatic rings. The van der Waals surface area contributed by atoms with E-state index in [9.17, 15) is 0 Å². The van der Waals surface area contributed by atoms with Crippen LogP contribution >= 0.6 is 11.3 Å². The van der Waals surface area contributed by atoms with E-state index in [1.807, 2.05) is 25.0 Å². The average molecular weight is 264 g/mol. The molecule has 1 N–H and O–H groups in total. The van der Waals surface area contributed by atoms with E-state index in [0.717, 1.165) is 22.8 Å². The summed E-state index contributed by atoms with van der Waals surface area (Å²) in [4.78, 5) is 5.76. The largest absolute Gasteiger partial charge is 0.315 e. The minimum Gasteiger partial charge on any atom is -0.315 e. The lowest BCUT2D eigenvalue weighted by Crippen LogP contribution is -2.13. The fourth-order valence-electron chi connectivity index (χ4n) is 1.89. The van der Waals surface area contributed by atoms with Crippen LogP contribution in [0, 0.1) is 0 Å². The summed E-state index contributed by atoms with van der Waals surface area (Å²) < 4.78 is 1.87. The first-order chi connectivity index (χ1) is 8.41. The molecule has 0 atom stereocenters. The first-order valence-electron chi connectivity index (χ1n) is 6.05. The lowest BCUT2D eigenvalue weighted by molar-refractivity contribution is 0.554. The van der Waals surface area contributed by atoms with Crippen molar-refractivity contribution in [1.82, 2.24) is 20.1 Å². The normalized spacial score (nSPS) is 12.1. The first kappa shape index (κ1) is 13.2. The van der Waals surface area contributed by atoms with Gasteiger partial charge in [-0.2, -0.15) is 5.10 Å². The molecule has 0 bridgehead atoms. The molecule has 0 unspecified atom stereocenters. The molecule has 2 rings (SSSR count). The van der Waals surface area contributed by atoms with E-state index < -0.39 is 0 Å². The van der Waals surface area contributed by atoms with E-state index in [1.165, 1.54) is 4.88 Å². The van der Waals surface area contributed by atoms with Crippen LogP contribution in [-0.2, 0) is 19.0 Å². The number of rotatable bonds is 3. The zero-order chi connectivity index (χ0) is 13.3. The number of hydrogen-bond donors (Lipinski definition) is 1. The molecule has 0 saturated carbocycles. The number of nitrogens with one attached hydrogen (secondary N) is 1. The molecule has 0 aliphatic heterocycles. The van der Waals surface area contributed by atoms with Crippen molar-refractivity contribution < 1.29 is 0 Å². The zero-order valence-corrected chi connectivity index (χ0v) is 12.4. The van der Waals surface area contributed by atoms with Crippen molar-refractivity contribution in [2.45, 2.75) is 32.7 Å². The van der Waals surface area contributed by atoms with Crippen LogP contribution < -0.4 is 5.32 Å². The van der Waals surface area contributed by atoms with E-state index >= 15 is 0 Å². The molecule has 0 fully saturated rings. The molecular weight excluding hydrogens is 244 g/mol. The van der Waals surface area contributed by atoms with Crippen LogP contribution in [0.15, 0.2) is 12.4 Å². The highest BCUT2D eigenvalue weighted by molar-refractivity contribution is 7.15. The van der Waals surface area contributed by atoms with Gasteiger partial charge in [-0.05, 0) is 7.05 Å². The minimum absolute atomic E-state index is 0.0332. The van der Waals surface area contributed by atoms with E-state index in [-0.39, 0.29) is 5.41 Å².